The van der Waals surface area contributed by atoms with Crippen molar-refractivity contribution >= 4 is 23.4 Å². The Kier molecular flexibility index (Phi) is 3.20. The first-order valence-electron chi connectivity index (χ1n) is 6.14. The maximum absolute atomic E-state index is 13.9. The number of halogens is 1. The van der Waals surface area contributed by atoms with E-state index in [0.717, 1.165) is 36.7 Å². The quantitative estimate of drug-likeness (QED) is 0.737. The lowest BCUT2D eigenvalue weighted by atomic mass is 10.2. The summed E-state index contributed by atoms with van der Waals surface area (Å²) < 4.78 is 15.4. The molecule has 0 atom stereocenters. The number of aromatic nitrogens is 3. The van der Waals surface area contributed by atoms with E-state index in [9.17, 15) is 14.0 Å². The molecule has 110 valence electrons. The minimum absolute atomic E-state index is 0.0579. The summed E-state index contributed by atoms with van der Waals surface area (Å²) in [6.07, 6.45) is 1.75. The van der Waals surface area contributed by atoms with Crippen molar-refractivity contribution in [2.45, 2.75) is 28.9 Å². The Balaban J connectivity index is 2.00. The number of carboxylic acids is 1. The topological polar surface area (TPSA) is 114 Å². The van der Waals surface area contributed by atoms with Crippen LogP contribution in [0.15, 0.2) is 27.0 Å². The number of nitrogens with two attached hydrogens (primary N) is 1. The van der Waals surface area contributed by atoms with Crippen LogP contribution in [0.4, 0.5) is 10.1 Å². The number of aromatic amines is 1. The molecule has 0 unspecified atom stereocenters. The van der Waals surface area contributed by atoms with E-state index < -0.39 is 11.8 Å². The van der Waals surface area contributed by atoms with Gasteiger partial charge >= 0.3 is 11.7 Å². The largest absolute Gasteiger partial charge is 0.478 e. The highest BCUT2D eigenvalue weighted by Crippen LogP contribution is 2.38. The third-order valence-electron chi connectivity index (χ3n) is 3.12. The van der Waals surface area contributed by atoms with Crippen LogP contribution >= 0.6 is 11.8 Å². The molecule has 1 aliphatic carbocycles. The molecule has 2 aromatic rings. The minimum Gasteiger partial charge on any atom is -0.478 e. The van der Waals surface area contributed by atoms with Crippen LogP contribution < -0.4 is 11.4 Å². The average molecular weight is 310 g/mol. The van der Waals surface area contributed by atoms with Gasteiger partial charge in [0.15, 0.2) is 5.16 Å². The number of hydrogen-bond donors (Lipinski definition) is 3. The molecule has 4 N–H and O–H groups in total. The molecule has 0 spiro atoms. The summed E-state index contributed by atoms with van der Waals surface area (Å²) in [6.45, 7) is 0. The van der Waals surface area contributed by atoms with E-state index in [2.05, 4.69) is 10.2 Å². The lowest BCUT2D eigenvalue weighted by Crippen LogP contribution is -2.16. The zero-order chi connectivity index (χ0) is 15.1. The summed E-state index contributed by atoms with van der Waals surface area (Å²) in [6, 6.07) is 2.18. The second-order valence-corrected chi connectivity index (χ2v) is 5.70. The number of nitrogens with zero attached hydrogens (tertiary/aromatic N) is 2. The number of rotatable bonds is 4. The van der Waals surface area contributed by atoms with Crippen LogP contribution in [0.25, 0.3) is 0 Å². The number of nitrogens with one attached hydrogen (secondary N) is 1. The van der Waals surface area contributed by atoms with Crippen molar-refractivity contribution in [2.75, 3.05) is 5.73 Å². The molecule has 0 saturated heterocycles. The first kappa shape index (κ1) is 13.7. The van der Waals surface area contributed by atoms with Gasteiger partial charge in [-0.05, 0) is 36.7 Å². The highest BCUT2D eigenvalue weighted by atomic mass is 32.2. The van der Waals surface area contributed by atoms with E-state index in [1.54, 1.807) is 0 Å². The molecule has 1 fully saturated rings. The summed E-state index contributed by atoms with van der Waals surface area (Å²) >= 11 is 0.897. The van der Waals surface area contributed by atoms with E-state index in [1.807, 2.05) is 0 Å². The zero-order valence-corrected chi connectivity index (χ0v) is 11.5. The molecule has 21 heavy (non-hydrogen) atoms. The van der Waals surface area contributed by atoms with Crippen LogP contribution in [0.1, 0.15) is 29.2 Å². The number of hydrogen-bond acceptors (Lipinski definition) is 5. The van der Waals surface area contributed by atoms with Crippen LogP contribution in [-0.4, -0.2) is 25.8 Å². The molecule has 0 radical (unpaired) electrons. The number of carboxylic acid groups (broad SMARTS) is 1. The molecule has 7 nitrogen and oxygen atoms in total. The van der Waals surface area contributed by atoms with E-state index in [1.165, 1.54) is 4.57 Å². The molecular weight excluding hydrogens is 299 g/mol. The van der Waals surface area contributed by atoms with Gasteiger partial charge in [0.05, 0.1) is 10.5 Å². The number of nitrogen functional groups attached to an aromatic ring is 1. The van der Waals surface area contributed by atoms with Crippen molar-refractivity contribution in [3.05, 3.63) is 34.0 Å². The molecule has 1 aromatic heterocycles. The summed E-state index contributed by atoms with van der Waals surface area (Å²) in [5, 5.41) is 15.5. The summed E-state index contributed by atoms with van der Waals surface area (Å²) in [5.41, 5.74) is 4.78. The zero-order valence-electron chi connectivity index (χ0n) is 10.7. The Hall–Kier alpha value is -2.29. The van der Waals surface area contributed by atoms with Crippen LogP contribution in [-0.2, 0) is 0 Å². The highest BCUT2D eigenvalue weighted by Gasteiger charge is 2.29. The number of aromatic carboxylic acids is 1. The van der Waals surface area contributed by atoms with Gasteiger partial charge in [-0.15, -0.1) is 5.10 Å². The maximum Gasteiger partial charge on any atom is 0.344 e. The normalized spacial score (nSPS) is 14.3. The highest BCUT2D eigenvalue weighted by molar-refractivity contribution is 7.99. The SMILES string of the molecule is Nc1cc(F)c(Sc2n[nH]c(=O)n2C2CC2)cc1C(=O)O. The molecule has 1 saturated carbocycles. The Labute approximate surface area is 122 Å². The van der Waals surface area contributed by atoms with Crippen molar-refractivity contribution < 1.29 is 14.3 Å². The van der Waals surface area contributed by atoms with Crippen molar-refractivity contribution in [3.63, 3.8) is 0 Å². The Morgan fingerprint density at radius 3 is 2.86 bits per heavy atom. The van der Waals surface area contributed by atoms with Crippen LogP contribution in [0.3, 0.4) is 0 Å². The van der Waals surface area contributed by atoms with Gasteiger partial charge in [0.1, 0.15) is 5.82 Å². The van der Waals surface area contributed by atoms with Gasteiger partial charge in [-0.25, -0.2) is 19.1 Å². The van der Waals surface area contributed by atoms with E-state index >= 15 is 0 Å². The fraction of sp³-hybridized carbons (Fsp3) is 0.250. The Morgan fingerprint density at radius 1 is 1.52 bits per heavy atom. The summed E-state index contributed by atoms with van der Waals surface area (Å²) in [7, 11) is 0. The van der Waals surface area contributed by atoms with Crippen LogP contribution in [0.2, 0.25) is 0 Å². The molecule has 9 heteroatoms. The van der Waals surface area contributed by atoms with E-state index in [0.29, 0.717) is 5.16 Å². The number of carbonyl (C=O) groups is 1. The molecule has 1 aliphatic rings. The first-order chi connectivity index (χ1) is 9.97. The second-order valence-electron chi connectivity index (χ2n) is 4.69. The standard InChI is InChI=1S/C12H11FN4O3S/c13-7-4-8(14)6(10(18)19)3-9(7)21-12-16-15-11(20)17(12)5-1-2-5/h3-5H,1-2,14H2,(H,15,20)(H,18,19). The van der Waals surface area contributed by atoms with Gasteiger partial charge in [0.2, 0.25) is 0 Å². The molecule has 0 aliphatic heterocycles. The van der Waals surface area contributed by atoms with Gasteiger partial charge in [0.25, 0.3) is 0 Å². The van der Waals surface area contributed by atoms with Crippen molar-refractivity contribution in [2.24, 2.45) is 0 Å². The average Bonchev–Trinajstić information content (AvgIpc) is 3.17. The fourth-order valence-electron chi connectivity index (χ4n) is 1.95. The van der Waals surface area contributed by atoms with Crippen LogP contribution in [0.5, 0.6) is 0 Å². The fourth-order valence-corrected chi connectivity index (χ4v) is 2.90. The van der Waals surface area contributed by atoms with Crippen molar-refractivity contribution in [3.8, 4) is 0 Å². The second kappa shape index (κ2) is 4.92. The third-order valence-corrected chi connectivity index (χ3v) is 4.12. The third kappa shape index (κ3) is 2.51. The Morgan fingerprint density at radius 2 is 2.24 bits per heavy atom. The minimum atomic E-state index is -1.24. The number of benzene rings is 1. The van der Waals surface area contributed by atoms with Gasteiger partial charge in [-0.2, -0.15) is 0 Å². The number of H-pyrrole nitrogens is 1. The predicted molar refractivity (Wildman–Crippen MR) is 73.0 cm³/mol. The monoisotopic (exact) mass is 310 g/mol. The molecular formula is C12H11FN4O3S. The maximum atomic E-state index is 13.9. The Bertz CT molecular complexity index is 781. The van der Waals surface area contributed by atoms with E-state index in [4.69, 9.17) is 10.8 Å². The first-order valence-corrected chi connectivity index (χ1v) is 6.96. The summed E-state index contributed by atoms with van der Waals surface area (Å²) in [4.78, 5) is 22.7. The summed E-state index contributed by atoms with van der Waals surface area (Å²) in [5.74, 6) is -1.89. The number of anilines is 1. The molecule has 1 aromatic carbocycles. The molecule has 0 amide bonds. The van der Waals surface area contributed by atoms with Gasteiger partial charge < -0.3 is 10.8 Å². The van der Waals surface area contributed by atoms with Crippen LogP contribution in [0, 0.1) is 5.82 Å². The smallest absolute Gasteiger partial charge is 0.344 e. The predicted octanol–water partition coefficient (Wildman–Crippen LogP) is 1.48. The molecule has 3 rings (SSSR count). The van der Waals surface area contributed by atoms with Gasteiger partial charge in [0, 0.05) is 11.7 Å². The van der Waals surface area contributed by atoms with Gasteiger partial charge in [-0.3, -0.25) is 4.57 Å². The molecule has 1 heterocycles. The van der Waals surface area contributed by atoms with Crippen molar-refractivity contribution in [1.82, 2.24) is 14.8 Å². The van der Waals surface area contributed by atoms with E-state index in [-0.39, 0.29) is 27.9 Å². The van der Waals surface area contributed by atoms with Crippen molar-refractivity contribution in [1.29, 1.82) is 0 Å². The molecule has 0 bridgehead atoms. The van der Waals surface area contributed by atoms with Gasteiger partial charge in [-0.1, -0.05) is 0 Å². The lowest BCUT2D eigenvalue weighted by molar-refractivity contribution is 0.0697. The lowest BCUT2D eigenvalue weighted by Gasteiger charge is -2.07.